The van der Waals surface area contributed by atoms with E-state index in [9.17, 15) is 0 Å². The molecule has 4 aromatic carbocycles. The molecule has 0 atom stereocenters. The molecular formula is C32H23NO2. The lowest BCUT2D eigenvalue weighted by molar-refractivity contribution is 0.359. The summed E-state index contributed by atoms with van der Waals surface area (Å²) in [5.74, 6) is 2.97. The Bertz CT molecular complexity index is 1620. The van der Waals surface area contributed by atoms with Crippen molar-refractivity contribution in [3.63, 3.8) is 0 Å². The van der Waals surface area contributed by atoms with E-state index in [1.807, 2.05) is 18.3 Å². The summed E-state index contributed by atoms with van der Waals surface area (Å²) in [6.07, 6.45) is 3.69. The third kappa shape index (κ3) is 3.01. The van der Waals surface area contributed by atoms with Crippen molar-refractivity contribution in [2.75, 3.05) is 0 Å². The van der Waals surface area contributed by atoms with Crippen LogP contribution in [0.5, 0.6) is 23.0 Å². The fraction of sp³-hybridized carbons (Fsp3) is 0.0938. The average molecular weight is 454 g/mol. The van der Waals surface area contributed by atoms with Gasteiger partial charge in [-0.2, -0.15) is 0 Å². The van der Waals surface area contributed by atoms with Crippen molar-refractivity contribution in [1.29, 1.82) is 0 Å². The number of hydrogen-bond donors (Lipinski definition) is 0. The van der Waals surface area contributed by atoms with Gasteiger partial charge >= 0.3 is 0 Å². The quantitative estimate of drug-likeness (QED) is 0.263. The summed E-state index contributed by atoms with van der Waals surface area (Å²) in [5, 5.41) is 0. The zero-order chi connectivity index (χ0) is 23.6. The first-order valence-electron chi connectivity index (χ1n) is 11.9. The van der Waals surface area contributed by atoms with Gasteiger partial charge in [-0.05, 0) is 69.3 Å². The molecule has 1 aromatic heterocycles. The largest absolute Gasteiger partial charge is 0.450 e. The lowest BCUT2D eigenvalue weighted by Gasteiger charge is -2.25. The van der Waals surface area contributed by atoms with Crippen LogP contribution in [0.3, 0.4) is 0 Å². The minimum atomic E-state index is -0.0789. The summed E-state index contributed by atoms with van der Waals surface area (Å²) >= 11 is 0. The van der Waals surface area contributed by atoms with E-state index in [-0.39, 0.29) is 5.41 Å². The van der Waals surface area contributed by atoms with Gasteiger partial charge in [-0.15, -0.1) is 0 Å². The minimum absolute atomic E-state index is 0.0789. The summed E-state index contributed by atoms with van der Waals surface area (Å²) in [7, 11) is 0. The van der Waals surface area contributed by atoms with E-state index >= 15 is 0 Å². The predicted molar refractivity (Wildman–Crippen MR) is 139 cm³/mol. The zero-order valence-electron chi connectivity index (χ0n) is 19.6. The lowest BCUT2D eigenvalue weighted by atomic mass is 9.82. The van der Waals surface area contributed by atoms with Crippen molar-refractivity contribution < 1.29 is 9.47 Å². The van der Waals surface area contributed by atoms with Crippen molar-refractivity contribution >= 4 is 0 Å². The molecule has 0 radical (unpaired) electrons. The molecule has 168 valence electrons. The Kier molecular flexibility index (Phi) is 4.19. The third-order valence-electron chi connectivity index (χ3n) is 7.24. The smallest absolute Gasteiger partial charge is 0.170 e. The molecule has 2 aliphatic rings. The Hall–Kier alpha value is -4.37. The molecular weight excluding hydrogens is 430 g/mol. The standard InChI is InChI=1S/C32H23NO2/c1-32(2)26-12-6-5-11-24(26)25-17-30-31(18-27(25)32)34-28-14-13-20(16-29(28)35-30)22-9-3-4-10-23(22)21-8-7-15-33-19-21/h3-19H,1-2H3. The molecule has 0 N–H and O–H groups in total. The number of rotatable bonds is 2. The van der Waals surface area contributed by atoms with Crippen LogP contribution >= 0.6 is 0 Å². The molecule has 0 unspecified atom stereocenters. The highest BCUT2D eigenvalue weighted by molar-refractivity contribution is 5.85. The SMILES string of the molecule is CC1(C)c2ccccc2-c2cc3c(cc21)Oc1ccc(-c2ccccc2-c2cccnc2)cc1O3. The number of nitrogens with zero attached hydrogens (tertiary/aromatic N) is 1. The lowest BCUT2D eigenvalue weighted by Crippen LogP contribution is -2.15. The van der Waals surface area contributed by atoms with Crippen molar-refractivity contribution in [2.24, 2.45) is 0 Å². The van der Waals surface area contributed by atoms with Gasteiger partial charge in [-0.1, -0.05) is 74.5 Å². The van der Waals surface area contributed by atoms with Crippen molar-refractivity contribution in [2.45, 2.75) is 19.3 Å². The molecule has 0 saturated carbocycles. The van der Waals surface area contributed by atoms with Crippen LogP contribution in [0, 0.1) is 0 Å². The number of fused-ring (bicyclic) bond motifs is 5. The van der Waals surface area contributed by atoms with Crippen LogP contribution in [0.4, 0.5) is 0 Å². The Labute approximate surface area is 204 Å². The van der Waals surface area contributed by atoms with Crippen LogP contribution in [-0.4, -0.2) is 4.98 Å². The third-order valence-corrected chi connectivity index (χ3v) is 7.24. The van der Waals surface area contributed by atoms with Crippen molar-refractivity contribution in [1.82, 2.24) is 4.98 Å². The van der Waals surface area contributed by atoms with Crippen molar-refractivity contribution in [3.05, 3.63) is 115 Å². The van der Waals surface area contributed by atoms with Crippen LogP contribution < -0.4 is 9.47 Å². The van der Waals surface area contributed by atoms with Gasteiger partial charge in [-0.25, -0.2) is 0 Å². The van der Waals surface area contributed by atoms with Gasteiger partial charge in [0.2, 0.25) is 0 Å². The minimum Gasteiger partial charge on any atom is -0.450 e. The van der Waals surface area contributed by atoms with Gasteiger partial charge in [0.25, 0.3) is 0 Å². The Morgan fingerprint density at radius 2 is 1.23 bits per heavy atom. The Balaban J connectivity index is 1.31. The van der Waals surface area contributed by atoms with E-state index < -0.39 is 0 Å². The first-order valence-corrected chi connectivity index (χ1v) is 11.9. The molecule has 3 nitrogen and oxygen atoms in total. The maximum absolute atomic E-state index is 6.46. The molecule has 35 heavy (non-hydrogen) atoms. The molecule has 2 heterocycles. The maximum atomic E-state index is 6.46. The van der Waals surface area contributed by atoms with E-state index in [4.69, 9.17) is 9.47 Å². The summed E-state index contributed by atoms with van der Waals surface area (Å²) in [5.41, 5.74) is 9.43. The van der Waals surface area contributed by atoms with E-state index in [0.29, 0.717) is 0 Å². The molecule has 0 fully saturated rings. The molecule has 5 aromatic rings. The predicted octanol–water partition coefficient (Wildman–Crippen LogP) is 8.62. The molecule has 1 aliphatic carbocycles. The van der Waals surface area contributed by atoms with Gasteiger partial charge in [0.1, 0.15) is 0 Å². The zero-order valence-corrected chi connectivity index (χ0v) is 19.6. The fourth-order valence-electron chi connectivity index (χ4n) is 5.45. The number of benzene rings is 4. The number of pyridine rings is 1. The van der Waals surface area contributed by atoms with Crippen LogP contribution in [-0.2, 0) is 5.41 Å². The van der Waals surface area contributed by atoms with Crippen LogP contribution in [0.15, 0.2) is 103 Å². The Morgan fingerprint density at radius 1 is 0.543 bits per heavy atom. The van der Waals surface area contributed by atoms with Gasteiger partial charge in [0, 0.05) is 23.4 Å². The van der Waals surface area contributed by atoms with Crippen LogP contribution in [0.25, 0.3) is 33.4 Å². The van der Waals surface area contributed by atoms with Gasteiger partial charge in [-0.3, -0.25) is 4.98 Å². The summed E-state index contributed by atoms with van der Waals surface area (Å²) in [4.78, 5) is 4.30. The molecule has 3 heteroatoms. The first kappa shape index (κ1) is 20.0. The second-order valence-corrected chi connectivity index (χ2v) is 9.67. The molecule has 0 saturated heterocycles. The molecule has 7 rings (SSSR count). The molecule has 0 spiro atoms. The second kappa shape index (κ2) is 7.31. The maximum Gasteiger partial charge on any atom is 0.170 e. The van der Waals surface area contributed by atoms with Crippen LogP contribution in [0.1, 0.15) is 25.0 Å². The summed E-state index contributed by atoms with van der Waals surface area (Å²) < 4.78 is 12.8. The summed E-state index contributed by atoms with van der Waals surface area (Å²) in [6, 6.07) is 31.5. The van der Waals surface area contributed by atoms with Gasteiger partial charge < -0.3 is 9.47 Å². The number of ether oxygens (including phenoxy) is 2. The fourth-order valence-corrected chi connectivity index (χ4v) is 5.45. The van der Waals surface area contributed by atoms with E-state index in [1.165, 1.54) is 22.3 Å². The highest BCUT2D eigenvalue weighted by atomic mass is 16.6. The molecule has 0 amide bonds. The Morgan fingerprint density at radius 3 is 2.03 bits per heavy atom. The van der Waals surface area contributed by atoms with E-state index in [0.717, 1.165) is 45.3 Å². The first-order chi connectivity index (χ1) is 17.1. The van der Waals surface area contributed by atoms with Gasteiger partial charge in [0.05, 0.1) is 0 Å². The van der Waals surface area contributed by atoms with Crippen LogP contribution in [0.2, 0.25) is 0 Å². The number of hydrogen-bond acceptors (Lipinski definition) is 3. The van der Waals surface area contributed by atoms with Gasteiger partial charge in [0.15, 0.2) is 23.0 Å². The summed E-state index contributed by atoms with van der Waals surface area (Å²) in [6.45, 7) is 4.54. The topological polar surface area (TPSA) is 31.4 Å². The monoisotopic (exact) mass is 453 g/mol. The van der Waals surface area contributed by atoms with E-state index in [1.54, 1.807) is 6.20 Å². The molecule has 0 bridgehead atoms. The second-order valence-electron chi connectivity index (χ2n) is 9.67. The van der Waals surface area contributed by atoms with E-state index in [2.05, 4.69) is 97.7 Å². The highest BCUT2D eigenvalue weighted by Crippen LogP contribution is 2.55. The molecule has 1 aliphatic heterocycles. The normalized spacial score (nSPS) is 14.1. The average Bonchev–Trinajstić information content (AvgIpc) is 3.12. The van der Waals surface area contributed by atoms with Crippen molar-refractivity contribution in [3.8, 4) is 56.4 Å². The number of aromatic nitrogens is 1. The highest BCUT2D eigenvalue weighted by Gasteiger charge is 2.37.